The molecule has 27 heavy (non-hydrogen) atoms. The van der Waals surface area contributed by atoms with Crippen LogP contribution in [0.25, 0.3) is 6.08 Å². The highest BCUT2D eigenvalue weighted by atomic mass is 16.6. The van der Waals surface area contributed by atoms with Crippen molar-refractivity contribution in [1.82, 2.24) is 0 Å². The Labute approximate surface area is 154 Å². The summed E-state index contributed by atoms with van der Waals surface area (Å²) in [7, 11) is 1.15. The van der Waals surface area contributed by atoms with Gasteiger partial charge in [-0.15, -0.1) is 0 Å². The third-order valence-electron chi connectivity index (χ3n) is 3.59. The van der Waals surface area contributed by atoms with Crippen molar-refractivity contribution in [3.63, 3.8) is 0 Å². The van der Waals surface area contributed by atoms with E-state index >= 15 is 0 Å². The molecule has 0 radical (unpaired) electrons. The van der Waals surface area contributed by atoms with E-state index in [2.05, 4.69) is 4.74 Å². The second-order valence-corrected chi connectivity index (χ2v) is 5.56. The maximum atomic E-state index is 12.0. The van der Waals surface area contributed by atoms with Gasteiger partial charge < -0.3 is 29.9 Å². The first-order valence-electron chi connectivity index (χ1n) is 7.79. The van der Waals surface area contributed by atoms with E-state index in [-0.39, 0.29) is 29.4 Å². The largest absolute Gasteiger partial charge is 0.504 e. The summed E-state index contributed by atoms with van der Waals surface area (Å²) in [6, 6.07) is 7.93. The fourth-order valence-corrected chi connectivity index (χ4v) is 2.20. The molecule has 4 N–H and O–H groups in total. The van der Waals surface area contributed by atoms with E-state index in [1.807, 2.05) is 0 Å². The van der Waals surface area contributed by atoms with Gasteiger partial charge in [-0.05, 0) is 41.5 Å². The van der Waals surface area contributed by atoms with Crippen molar-refractivity contribution in [3.05, 3.63) is 53.6 Å². The lowest BCUT2D eigenvalue weighted by molar-refractivity contribution is -0.162. The van der Waals surface area contributed by atoms with Crippen LogP contribution in [-0.4, -0.2) is 45.6 Å². The van der Waals surface area contributed by atoms with E-state index in [0.29, 0.717) is 11.1 Å². The number of carbonyl (C=O) groups excluding carboxylic acids is 2. The van der Waals surface area contributed by atoms with Gasteiger partial charge in [0, 0.05) is 12.5 Å². The van der Waals surface area contributed by atoms with Crippen molar-refractivity contribution in [2.45, 2.75) is 12.5 Å². The Bertz CT molecular complexity index is 872. The maximum Gasteiger partial charge on any atom is 0.347 e. The van der Waals surface area contributed by atoms with Crippen LogP contribution < -0.4 is 0 Å². The Kier molecular flexibility index (Phi) is 6.27. The molecule has 0 saturated heterocycles. The number of aromatic hydroxyl groups is 4. The van der Waals surface area contributed by atoms with Crippen LogP contribution in [0.1, 0.15) is 11.1 Å². The minimum atomic E-state index is -1.26. The lowest BCUT2D eigenvalue weighted by Crippen LogP contribution is -2.30. The third-order valence-corrected chi connectivity index (χ3v) is 3.59. The van der Waals surface area contributed by atoms with Crippen LogP contribution in [-0.2, 0) is 25.5 Å². The van der Waals surface area contributed by atoms with Gasteiger partial charge in [0.2, 0.25) is 6.10 Å². The van der Waals surface area contributed by atoms with Gasteiger partial charge in [-0.1, -0.05) is 12.1 Å². The summed E-state index contributed by atoms with van der Waals surface area (Å²) in [5.41, 5.74) is 0.876. The van der Waals surface area contributed by atoms with Crippen molar-refractivity contribution in [3.8, 4) is 23.0 Å². The van der Waals surface area contributed by atoms with E-state index in [9.17, 15) is 30.0 Å². The Hall–Kier alpha value is -3.68. The molecule has 0 amide bonds. The first kappa shape index (κ1) is 19.6. The normalized spacial score (nSPS) is 11.9. The van der Waals surface area contributed by atoms with Gasteiger partial charge in [0.05, 0.1) is 7.11 Å². The zero-order chi connectivity index (χ0) is 20.0. The highest BCUT2D eigenvalue weighted by molar-refractivity contribution is 5.89. The Morgan fingerprint density at radius 1 is 0.963 bits per heavy atom. The molecule has 142 valence electrons. The Balaban J connectivity index is 2.09. The predicted octanol–water partition coefficient (Wildman–Crippen LogP) is 1.85. The summed E-state index contributed by atoms with van der Waals surface area (Å²) in [5.74, 6) is -2.93. The molecule has 8 heteroatoms. The molecule has 2 rings (SSSR count). The topological polar surface area (TPSA) is 134 Å². The van der Waals surface area contributed by atoms with Gasteiger partial charge in [0.25, 0.3) is 0 Å². The number of phenols is 4. The summed E-state index contributed by atoms with van der Waals surface area (Å²) in [5, 5.41) is 37.5. The van der Waals surface area contributed by atoms with E-state index in [0.717, 1.165) is 13.2 Å². The SMILES string of the molecule is COC(=O)[C@H](Cc1ccc(O)c(O)c1)OC(=O)/C=C/c1ccc(O)c(O)c1. The molecule has 0 aliphatic heterocycles. The molecule has 2 aromatic rings. The van der Waals surface area contributed by atoms with Crippen molar-refractivity contribution >= 4 is 18.0 Å². The van der Waals surface area contributed by atoms with Gasteiger partial charge in [-0.2, -0.15) is 0 Å². The van der Waals surface area contributed by atoms with Gasteiger partial charge in [-0.3, -0.25) is 0 Å². The van der Waals surface area contributed by atoms with Crippen LogP contribution in [0.3, 0.4) is 0 Å². The van der Waals surface area contributed by atoms with Crippen LogP contribution >= 0.6 is 0 Å². The first-order chi connectivity index (χ1) is 12.8. The molecule has 0 aliphatic rings. The molecular formula is C19H18O8. The monoisotopic (exact) mass is 374 g/mol. The average Bonchev–Trinajstić information content (AvgIpc) is 2.64. The van der Waals surface area contributed by atoms with Crippen molar-refractivity contribution in [2.24, 2.45) is 0 Å². The molecule has 0 heterocycles. The summed E-state index contributed by atoms with van der Waals surface area (Å²) in [4.78, 5) is 23.9. The highest BCUT2D eigenvalue weighted by Crippen LogP contribution is 2.26. The number of benzene rings is 2. The Morgan fingerprint density at radius 2 is 1.59 bits per heavy atom. The lowest BCUT2D eigenvalue weighted by Gasteiger charge is -2.15. The molecular weight excluding hydrogens is 356 g/mol. The summed E-state index contributed by atoms with van der Waals surface area (Å²) >= 11 is 0. The number of phenolic OH excluding ortho intramolecular Hbond substituents is 4. The van der Waals surface area contributed by atoms with Crippen LogP contribution in [0, 0.1) is 0 Å². The third kappa shape index (κ3) is 5.40. The molecule has 0 bridgehead atoms. The number of methoxy groups -OCH3 is 1. The fraction of sp³-hybridized carbons (Fsp3) is 0.158. The zero-order valence-electron chi connectivity index (χ0n) is 14.3. The van der Waals surface area contributed by atoms with Crippen LogP contribution in [0.2, 0.25) is 0 Å². The molecule has 0 spiro atoms. The van der Waals surface area contributed by atoms with E-state index in [1.54, 1.807) is 0 Å². The zero-order valence-corrected chi connectivity index (χ0v) is 14.3. The van der Waals surface area contributed by atoms with Crippen molar-refractivity contribution in [1.29, 1.82) is 0 Å². The number of ether oxygens (including phenoxy) is 2. The molecule has 2 aromatic carbocycles. The van der Waals surface area contributed by atoms with E-state index in [4.69, 9.17) is 4.74 Å². The maximum absolute atomic E-state index is 12.0. The number of hydrogen-bond donors (Lipinski definition) is 4. The number of hydrogen-bond acceptors (Lipinski definition) is 8. The van der Waals surface area contributed by atoms with Gasteiger partial charge >= 0.3 is 11.9 Å². The Morgan fingerprint density at radius 3 is 2.19 bits per heavy atom. The molecule has 1 atom stereocenters. The summed E-state index contributed by atoms with van der Waals surface area (Å²) in [6.45, 7) is 0. The summed E-state index contributed by atoms with van der Waals surface area (Å²) < 4.78 is 9.71. The standard InChI is InChI=1S/C19H18O8/c1-26-19(25)17(10-12-3-6-14(21)16(23)9-12)27-18(24)7-4-11-2-5-13(20)15(22)8-11/h2-9,17,20-23H,10H2,1H3/b7-4+/t17-/m0/s1. The number of rotatable bonds is 6. The second kappa shape index (κ2) is 8.61. The minimum absolute atomic E-state index is 0.0694. The predicted molar refractivity (Wildman–Crippen MR) is 94.2 cm³/mol. The van der Waals surface area contributed by atoms with Gasteiger partial charge in [-0.25, -0.2) is 9.59 Å². The number of carbonyl (C=O) groups is 2. The van der Waals surface area contributed by atoms with Crippen LogP contribution in [0.5, 0.6) is 23.0 Å². The van der Waals surface area contributed by atoms with E-state index in [1.165, 1.54) is 42.5 Å². The average molecular weight is 374 g/mol. The molecule has 0 unspecified atom stereocenters. The molecule has 0 aliphatic carbocycles. The fourth-order valence-electron chi connectivity index (χ4n) is 2.20. The number of esters is 2. The second-order valence-electron chi connectivity index (χ2n) is 5.56. The molecule has 0 aromatic heterocycles. The van der Waals surface area contributed by atoms with Crippen molar-refractivity contribution < 1.29 is 39.5 Å². The molecule has 0 saturated carbocycles. The minimum Gasteiger partial charge on any atom is -0.504 e. The van der Waals surface area contributed by atoms with Gasteiger partial charge in [0.15, 0.2) is 23.0 Å². The molecule has 8 nitrogen and oxygen atoms in total. The van der Waals surface area contributed by atoms with Crippen LogP contribution in [0.15, 0.2) is 42.5 Å². The quantitative estimate of drug-likeness (QED) is 0.342. The van der Waals surface area contributed by atoms with Crippen LogP contribution in [0.4, 0.5) is 0 Å². The van der Waals surface area contributed by atoms with Crippen molar-refractivity contribution in [2.75, 3.05) is 7.11 Å². The lowest BCUT2D eigenvalue weighted by atomic mass is 10.1. The smallest absolute Gasteiger partial charge is 0.347 e. The molecule has 0 fully saturated rings. The van der Waals surface area contributed by atoms with E-state index < -0.39 is 18.0 Å². The highest BCUT2D eigenvalue weighted by Gasteiger charge is 2.24. The van der Waals surface area contributed by atoms with Gasteiger partial charge in [0.1, 0.15) is 0 Å². The first-order valence-corrected chi connectivity index (χ1v) is 7.79. The summed E-state index contributed by atoms with van der Waals surface area (Å²) in [6.07, 6.45) is 1.06.